The highest BCUT2D eigenvalue weighted by molar-refractivity contribution is 5.73. The normalized spacial score (nSPS) is 18.4. The smallest absolute Gasteiger partial charge is 0.219 e. The Morgan fingerprint density at radius 3 is 2.39 bits per heavy atom. The standard InChI is InChI=1S/C16H21NO/c1-5-15(6-2)8-7-13(3)16-9-11-17(12-10-16)14(4)18/h1,6-8,16H,2,9-12H2,3-4H3/b13-7+,15-8-. The molecule has 0 radical (unpaired) electrons. The van der Waals surface area contributed by atoms with Gasteiger partial charge in [-0.1, -0.05) is 30.2 Å². The summed E-state index contributed by atoms with van der Waals surface area (Å²) in [6.07, 6.45) is 13.1. The Labute approximate surface area is 110 Å². The van der Waals surface area contributed by atoms with Crippen LogP contribution in [0.25, 0.3) is 0 Å². The van der Waals surface area contributed by atoms with Crippen molar-refractivity contribution in [3.8, 4) is 12.3 Å². The molecule has 0 spiro atoms. The van der Waals surface area contributed by atoms with Gasteiger partial charge in [-0.15, -0.1) is 6.42 Å². The fourth-order valence-corrected chi connectivity index (χ4v) is 2.18. The van der Waals surface area contributed by atoms with Crippen molar-refractivity contribution in [3.05, 3.63) is 36.0 Å². The van der Waals surface area contributed by atoms with E-state index < -0.39 is 0 Å². The second-order valence-corrected chi connectivity index (χ2v) is 4.66. The van der Waals surface area contributed by atoms with Crippen molar-refractivity contribution in [1.29, 1.82) is 0 Å². The van der Waals surface area contributed by atoms with Crippen molar-refractivity contribution in [3.63, 3.8) is 0 Å². The van der Waals surface area contributed by atoms with Gasteiger partial charge in [0.1, 0.15) is 0 Å². The molecule has 1 rings (SSSR count). The van der Waals surface area contributed by atoms with E-state index in [9.17, 15) is 4.79 Å². The van der Waals surface area contributed by atoms with Crippen LogP contribution < -0.4 is 0 Å². The summed E-state index contributed by atoms with van der Waals surface area (Å²) in [6.45, 7) is 9.15. The minimum Gasteiger partial charge on any atom is -0.343 e. The zero-order valence-corrected chi connectivity index (χ0v) is 11.3. The van der Waals surface area contributed by atoms with E-state index in [1.54, 1.807) is 13.0 Å². The monoisotopic (exact) mass is 243 g/mol. The Bertz CT molecular complexity index is 415. The predicted octanol–water partition coefficient (Wildman–Crippen LogP) is 2.94. The summed E-state index contributed by atoms with van der Waals surface area (Å²) in [5.74, 6) is 3.31. The van der Waals surface area contributed by atoms with Gasteiger partial charge in [0.15, 0.2) is 0 Å². The van der Waals surface area contributed by atoms with Gasteiger partial charge in [-0.3, -0.25) is 4.79 Å². The lowest BCUT2D eigenvalue weighted by Crippen LogP contribution is -2.37. The molecule has 0 N–H and O–H groups in total. The van der Waals surface area contributed by atoms with Crippen LogP contribution in [0.2, 0.25) is 0 Å². The summed E-state index contributed by atoms with van der Waals surface area (Å²) < 4.78 is 0. The Morgan fingerprint density at radius 1 is 1.33 bits per heavy atom. The SMILES string of the molecule is C#C/C(C=C)=C/C=C(\C)C1CCN(C(C)=O)CC1. The van der Waals surface area contributed by atoms with Crippen LogP contribution >= 0.6 is 0 Å². The van der Waals surface area contributed by atoms with Gasteiger partial charge in [-0.25, -0.2) is 0 Å². The highest BCUT2D eigenvalue weighted by atomic mass is 16.2. The van der Waals surface area contributed by atoms with Gasteiger partial charge in [-0.05, 0) is 31.8 Å². The van der Waals surface area contributed by atoms with E-state index in [0.29, 0.717) is 5.92 Å². The summed E-state index contributed by atoms with van der Waals surface area (Å²) in [5.41, 5.74) is 2.13. The number of amides is 1. The van der Waals surface area contributed by atoms with Gasteiger partial charge in [0.05, 0.1) is 0 Å². The van der Waals surface area contributed by atoms with E-state index in [2.05, 4.69) is 25.5 Å². The van der Waals surface area contributed by atoms with E-state index in [1.807, 2.05) is 11.0 Å². The zero-order valence-electron chi connectivity index (χ0n) is 11.3. The molecule has 1 heterocycles. The molecular weight excluding hydrogens is 222 g/mol. The maximum absolute atomic E-state index is 11.2. The summed E-state index contributed by atoms with van der Waals surface area (Å²) in [7, 11) is 0. The van der Waals surface area contributed by atoms with Crippen molar-refractivity contribution in [1.82, 2.24) is 4.90 Å². The van der Waals surface area contributed by atoms with E-state index in [-0.39, 0.29) is 5.91 Å². The van der Waals surface area contributed by atoms with E-state index in [4.69, 9.17) is 6.42 Å². The summed E-state index contributed by atoms with van der Waals surface area (Å²) in [5, 5.41) is 0. The average Bonchev–Trinajstić information content (AvgIpc) is 2.39. The maximum Gasteiger partial charge on any atom is 0.219 e. The third kappa shape index (κ3) is 3.92. The highest BCUT2D eigenvalue weighted by Crippen LogP contribution is 2.24. The lowest BCUT2D eigenvalue weighted by molar-refractivity contribution is -0.130. The first-order chi connectivity index (χ1) is 8.58. The first-order valence-electron chi connectivity index (χ1n) is 6.31. The summed E-state index contributed by atoms with van der Waals surface area (Å²) in [6, 6.07) is 0. The Kier molecular flexibility index (Phi) is 5.45. The van der Waals surface area contributed by atoms with Crippen LogP contribution in [-0.2, 0) is 4.79 Å². The van der Waals surface area contributed by atoms with Crippen molar-refractivity contribution in [2.45, 2.75) is 26.7 Å². The summed E-state index contributed by atoms with van der Waals surface area (Å²) in [4.78, 5) is 13.1. The van der Waals surface area contributed by atoms with Crippen LogP contribution in [-0.4, -0.2) is 23.9 Å². The Morgan fingerprint density at radius 2 is 1.94 bits per heavy atom. The van der Waals surface area contributed by atoms with E-state index in [1.165, 1.54) is 5.57 Å². The summed E-state index contributed by atoms with van der Waals surface area (Å²) >= 11 is 0. The number of nitrogens with zero attached hydrogens (tertiary/aromatic N) is 1. The van der Waals surface area contributed by atoms with Gasteiger partial charge >= 0.3 is 0 Å². The molecule has 0 aliphatic carbocycles. The fraction of sp³-hybridized carbons (Fsp3) is 0.438. The number of piperidine rings is 1. The molecule has 0 atom stereocenters. The first kappa shape index (κ1) is 14.3. The molecule has 0 aromatic heterocycles. The van der Waals surface area contributed by atoms with Gasteiger partial charge in [0, 0.05) is 25.6 Å². The second kappa shape index (κ2) is 6.86. The number of hydrogen-bond acceptors (Lipinski definition) is 1. The fourth-order valence-electron chi connectivity index (χ4n) is 2.18. The average molecular weight is 243 g/mol. The molecule has 18 heavy (non-hydrogen) atoms. The van der Waals surface area contributed by atoms with Crippen molar-refractivity contribution in [2.24, 2.45) is 5.92 Å². The molecule has 0 bridgehead atoms. The molecule has 1 aliphatic heterocycles. The van der Waals surface area contributed by atoms with Crippen LogP contribution in [0.4, 0.5) is 0 Å². The zero-order chi connectivity index (χ0) is 13.5. The number of carbonyl (C=O) groups is 1. The van der Waals surface area contributed by atoms with Crippen LogP contribution in [0.3, 0.4) is 0 Å². The molecule has 1 aliphatic rings. The van der Waals surface area contributed by atoms with Crippen molar-refractivity contribution < 1.29 is 4.79 Å². The third-order valence-electron chi connectivity index (χ3n) is 3.50. The number of carbonyl (C=O) groups excluding carboxylic acids is 1. The lowest BCUT2D eigenvalue weighted by Gasteiger charge is -2.31. The molecule has 0 aromatic rings. The van der Waals surface area contributed by atoms with Gasteiger partial charge < -0.3 is 4.90 Å². The molecule has 0 saturated carbocycles. The quantitative estimate of drug-likeness (QED) is 0.551. The minimum atomic E-state index is 0.177. The van der Waals surface area contributed by atoms with E-state index >= 15 is 0 Å². The molecule has 2 heteroatoms. The Balaban J connectivity index is 2.60. The molecule has 96 valence electrons. The van der Waals surface area contributed by atoms with Gasteiger partial charge in [0.25, 0.3) is 0 Å². The van der Waals surface area contributed by atoms with Gasteiger partial charge in [0.2, 0.25) is 5.91 Å². The number of terminal acetylenes is 1. The largest absolute Gasteiger partial charge is 0.343 e. The van der Waals surface area contributed by atoms with Gasteiger partial charge in [-0.2, -0.15) is 0 Å². The first-order valence-corrected chi connectivity index (χ1v) is 6.31. The predicted molar refractivity (Wildman–Crippen MR) is 75.8 cm³/mol. The molecule has 0 aromatic carbocycles. The molecule has 0 unspecified atom stereocenters. The van der Waals surface area contributed by atoms with Crippen LogP contribution in [0, 0.1) is 18.3 Å². The molecule has 1 fully saturated rings. The number of hydrogen-bond donors (Lipinski definition) is 0. The van der Waals surface area contributed by atoms with Crippen LogP contribution in [0.5, 0.6) is 0 Å². The Hall–Kier alpha value is -1.75. The number of rotatable bonds is 3. The number of likely N-dealkylation sites (tertiary alicyclic amines) is 1. The number of allylic oxidation sites excluding steroid dienone is 5. The third-order valence-corrected chi connectivity index (χ3v) is 3.50. The van der Waals surface area contributed by atoms with Crippen LogP contribution in [0.15, 0.2) is 36.0 Å². The van der Waals surface area contributed by atoms with E-state index in [0.717, 1.165) is 31.5 Å². The molecular formula is C16H21NO. The molecule has 1 amide bonds. The van der Waals surface area contributed by atoms with Crippen molar-refractivity contribution in [2.75, 3.05) is 13.1 Å². The van der Waals surface area contributed by atoms with Crippen molar-refractivity contribution >= 4 is 5.91 Å². The lowest BCUT2D eigenvalue weighted by atomic mass is 9.89. The highest BCUT2D eigenvalue weighted by Gasteiger charge is 2.21. The topological polar surface area (TPSA) is 20.3 Å². The second-order valence-electron chi connectivity index (χ2n) is 4.66. The maximum atomic E-state index is 11.2. The molecule has 2 nitrogen and oxygen atoms in total. The minimum absolute atomic E-state index is 0.177. The van der Waals surface area contributed by atoms with Crippen LogP contribution in [0.1, 0.15) is 26.7 Å². The molecule has 1 saturated heterocycles.